The molecular weight excluding hydrogens is 377 g/mol. The van der Waals surface area contributed by atoms with Gasteiger partial charge in [0.05, 0.1) is 18.1 Å². The summed E-state index contributed by atoms with van der Waals surface area (Å²) in [6.07, 6.45) is -7.96. The lowest BCUT2D eigenvalue weighted by Crippen LogP contribution is -2.54. The van der Waals surface area contributed by atoms with Crippen LogP contribution in [0.5, 0.6) is 0 Å². The van der Waals surface area contributed by atoms with Gasteiger partial charge in [0, 0.05) is 0 Å². The van der Waals surface area contributed by atoms with Crippen molar-refractivity contribution in [3.05, 3.63) is 35.9 Å². The van der Waals surface area contributed by atoms with E-state index < -0.39 is 42.3 Å². The van der Waals surface area contributed by atoms with Crippen molar-refractivity contribution in [1.82, 2.24) is 10.4 Å². The minimum atomic E-state index is -4.72. The molecule has 6 nitrogen and oxygen atoms in total. The molecule has 0 saturated heterocycles. The molecule has 28 heavy (non-hydrogen) atoms. The van der Waals surface area contributed by atoms with E-state index in [0.717, 1.165) is 5.56 Å². The van der Waals surface area contributed by atoms with E-state index in [1.807, 2.05) is 0 Å². The van der Waals surface area contributed by atoms with Gasteiger partial charge in [-0.05, 0) is 32.8 Å². The molecule has 0 saturated carbocycles. The van der Waals surface area contributed by atoms with Gasteiger partial charge in [-0.15, -0.1) is 0 Å². The number of hydrogen-bond donors (Lipinski definition) is 2. The van der Waals surface area contributed by atoms with Crippen molar-refractivity contribution in [2.75, 3.05) is 0 Å². The fraction of sp³-hybridized carbons (Fsp3) is 0.579. The maximum atomic E-state index is 13.0. The second kappa shape index (κ2) is 9.88. The number of carbonyl (C=O) groups excluding carboxylic acids is 2. The summed E-state index contributed by atoms with van der Waals surface area (Å²) in [5, 5.41) is 13.2. The monoisotopic (exact) mass is 404 g/mol. The Hall–Kier alpha value is -2.13. The number of amides is 2. The zero-order valence-electron chi connectivity index (χ0n) is 16.4. The first-order valence-electron chi connectivity index (χ1n) is 8.91. The molecule has 9 heteroatoms. The molecule has 0 bridgehead atoms. The van der Waals surface area contributed by atoms with Crippen molar-refractivity contribution in [2.45, 2.75) is 70.5 Å². The Balaban J connectivity index is 3.04. The lowest BCUT2D eigenvalue weighted by Gasteiger charge is -2.35. The third-order valence-electron chi connectivity index (χ3n) is 3.81. The van der Waals surface area contributed by atoms with Gasteiger partial charge in [-0.1, -0.05) is 37.3 Å². The van der Waals surface area contributed by atoms with Crippen LogP contribution in [0.3, 0.4) is 0 Å². The Morgan fingerprint density at radius 3 is 2.25 bits per heavy atom. The fourth-order valence-corrected chi connectivity index (χ4v) is 2.60. The lowest BCUT2D eigenvalue weighted by molar-refractivity contribution is -0.257. The molecule has 1 rings (SSSR count). The van der Waals surface area contributed by atoms with E-state index in [1.165, 1.54) is 20.8 Å². The van der Waals surface area contributed by atoms with E-state index in [4.69, 9.17) is 4.84 Å². The molecule has 0 spiro atoms. The van der Waals surface area contributed by atoms with Gasteiger partial charge in [0.15, 0.2) is 6.10 Å². The average molecular weight is 404 g/mol. The van der Waals surface area contributed by atoms with Gasteiger partial charge in [-0.25, -0.2) is 5.06 Å². The summed E-state index contributed by atoms with van der Waals surface area (Å²) in [5.41, 5.74) is -0.257. The highest BCUT2D eigenvalue weighted by atomic mass is 19.4. The van der Waals surface area contributed by atoms with E-state index in [-0.39, 0.29) is 6.41 Å². The van der Waals surface area contributed by atoms with E-state index in [0.29, 0.717) is 11.5 Å². The predicted molar refractivity (Wildman–Crippen MR) is 96.8 cm³/mol. The van der Waals surface area contributed by atoms with Crippen LogP contribution in [0.1, 0.15) is 52.1 Å². The van der Waals surface area contributed by atoms with E-state index in [2.05, 4.69) is 5.32 Å². The number of rotatable bonds is 9. The summed E-state index contributed by atoms with van der Waals surface area (Å²) >= 11 is 0. The van der Waals surface area contributed by atoms with Crippen LogP contribution in [0.15, 0.2) is 30.3 Å². The van der Waals surface area contributed by atoms with Crippen LogP contribution in [0.25, 0.3) is 0 Å². The van der Waals surface area contributed by atoms with Crippen molar-refractivity contribution >= 4 is 12.3 Å². The Morgan fingerprint density at radius 2 is 1.82 bits per heavy atom. The minimum absolute atomic E-state index is 0.0344. The van der Waals surface area contributed by atoms with Gasteiger partial charge in [0.1, 0.15) is 6.04 Å². The summed E-state index contributed by atoms with van der Waals surface area (Å²) in [6.45, 7) is 6.38. The molecular formula is C19H27F3N2O4. The number of aliphatic hydroxyl groups excluding tert-OH is 1. The van der Waals surface area contributed by atoms with Gasteiger partial charge in [-0.2, -0.15) is 13.2 Å². The van der Waals surface area contributed by atoms with Crippen molar-refractivity contribution in [3.63, 3.8) is 0 Å². The van der Waals surface area contributed by atoms with Crippen molar-refractivity contribution in [1.29, 1.82) is 0 Å². The molecule has 0 radical (unpaired) electrons. The number of nitrogens with one attached hydrogen (secondary N) is 1. The van der Waals surface area contributed by atoms with Crippen molar-refractivity contribution in [3.8, 4) is 0 Å². The number of hydroxylamine groups is 2. The predicted octanol–water partition coefficient (Wildman–Crippen LogP) is 3.12. The van der Waals surface area contributed by atoms with Gasteiger partial charge in [0.25, 0.3) is 5.91 Å². The second-order valence-corrected chi connectivity index (χ2v) is 7.38. The molecule has 0 aliphatic carbocycles. The lowest BCUT2D eigenvalue weighted by atomic mass is 10.0. The van der Waals surface area contributed by atoms with Crippen LogP contribution < -0.4 is 5.32 Å². The second-order valence-electron chi connectivity index (χ2n) is 7.38. The number of aliphatic hydroxyl groups is 1. The fourth-order valence-electron chi connectivity index (χ4n) is 2.60. The Bertz CT molecular complexity index is 632. The molecule has 3 atom stereocenters. The highest BCUT2D eigenvalue weighted by molar-refractivity contribution is 5.82. The molecule has 2 unspecified atom stereocenters. The van der Waals surface area contributed by atoms with Crippen molar-refractivity contribution in [2.24, 2.45) is 0 Å². The first-order valence-corrected chi connectivity index (χ1v) is 8.91. The minimum Gasteiger partial charge on any atom is -0.381 e. The Kier molecular flexibility index (Phi) is 8.44. The SMILES string of the molecule is CC[C@@H](NC(=O)C(O)C(CC(F)(F)F)N(C=O)OC(C)(C)C)c1ccccc1. The zero-order chi connectivity index (χ0) is 21.5. The third-order valence-corrected chi connectivity index (χ3v) is 3.81. The number of halogens is 3. The Morgan fingerprint density at radius 1 is 1.25 bits per heavy atom. The summed E-state index contributed by atoms with van der Waals surface area (Å²) < 4.78 is 39.0. The molecule has 0 aliphatic heterocycles. The largest absolute Gasteiger partial charge is 0.391 e. The number of hydrogen-bond acceptors (Lipinski definition) is 4. The third kappa shape index (κ3) is 7.85. The highest BCUT2D eigenvalue weighted by Gasteiger charge is 2.42. The number of alkyl halides is 3. The standard InChI is InChI=1S/C19H27F3N2O4/c1-5-14(13-9-7-6-8-10-13)23-17(27)16(26)15(11-19(20,21)22)24(12-25)28-18(2,3)4/h6-10,12,14-16,26H,5,11H2,1-4H3,(H,23,27)/t14-,15?,16?/m1/s1. The first kappa shape index (κ1) is 23.9. The summed E-state index contributed by atoms with van der Waals surface area (Å²) in [6, 6.07) is 6.41. The van der Waals surface area contributed by atoms with Crippen molar-refractivity contribution < 1.29 is 32.7 Å². The molecule has 0 heterocycles. The van der Waals surface area contributed by atoms with Crippen LogP contribution in [0.4, 0.5) is 13.2 Å². The number of nitrogens with zero attached hydrogens (tertiary/aromatic N) is 1. The van der Waals surface area contributed by atoms with Crippen LogP contribution in [-0.4, -0.2) is 46.4 Å². The maximum Gasteiger partial charge on any atom is 0.391 e. The summed E-state index contributed by atoms with van der Waals surface area (Å²) in [7, 11) is 0. The van der Waals surface area contributed by atoms with Gasteiger partial charge < -0.3 is 10.4 Å². The van der Waals surface area contributed by atoms with E-state index >= 15 is 0 Å². The average Bonchev–Trinajstić information content (AvgIpc) is 2.60. The zero-order valence-corrected chi connectivity index (χ0v) is 16.4. The molecule has 2 N–H and O–H groups in total. The van der Waals surface area contributed by atoms with E-state index in [1.54, 1.807) is 37.3 Å². The molecule has 0 aliphatic rings. The summed E-state index contributed by atoms with van der Waals surface area (Å²) in [4.78, 5) is 29.0. The molecule has 1 aromatic rings. The maximum absolute atomic E-state index is 13.0. The highest BCUT2D eigenvalue weighted by Crippen LogP contribution is 2.27. The topological polar surface area (TPSA) is 78.9 Å². The normalized spacial score (nSPS) is 15.4. The first-order chi connectivity index (χ1) is 12.9. The van der Waals surface area contributed by atoms with Gasteiger partial charge >= 0.3 is 6.18 Å². The van der Waals surface area contributed by atoms with Crippen LogP contribution >= 0.6 is 0 Å². The number of carbonyl (C=O) groups is 2. The van der Waals surface area contributed by atoms with Gasteiger partial charge in [0.2, 0.25) is 6.41 Å². The molecule has 0 fully saturated rings. The quantitative estimate of drug-likeness (QED) is 0.490. The molecule has 158 valence electrons. The smallest absolute Gasteiger partial charge is 0.381 e. The van der Waals surface area contributed by atoms with E-state index in [9.17, 15) is 27.9 Å². The molecule has 2 amide bonds. The van der Waals surface area contributed by atoms with Crippen LogP contribution in [0, 0.1) is 0 Å². The number of benzene rings is 1. The van der Waals surface area contributed by atoms with Crippen LogP contribution in [0.2, 0.25) is 0 Å². The molecule has 0 aromatic heterocycles. The Labute approximate surface area is 162 Å². The van der Waals surface area contributed by atoms with Gasteiger partial charge in [-0.3, -0.25) is 14.4 Å². The van der Waals surface area contributed by atoms with Crippen LogP contribution in [-0.2, 0) is 14.4 Å². The summed E-state index contributed by atoms with van der Waals surface area (Å²) in [5.74, 6) is -1.02. The molecule has 1 aromatic carbocycles.